The van der Waals surface area contributed by atoms with E-state index in [2.05, 4.69) is 15.1 Å². The van der Waals surface area contributed by atoms with E-state index in [9.17, 15) is 8.42 Å². The summed E-state index contributed by atoms with van der Waals surface area (Å²) in [6.45, 7) is 6.86. The summed E-state index contributed by atoms with van der Waals surface area (Å²) in [4.78, 5) is 13.0. The smallest absolute Gasteiger partial charge is 0.197 e. The number of hydrogen-bond donors (Lipinski definition) is 0. The van der Waals surface area contributed by atoms with Crippen LogP contribution in [0, 0.1) is 6.92 Å². The van der Waals surface area contributed by atoms with Gasteiger partial charge >= 0.3 is 0 Å². The van der Waals surface area contributed by atoms with E-state index in [1.165, 1.54) is 12.4 Å². The Balaban J connectivity index is 3.06. The fraction of sp³-hybridized carbons (Fsp3) is 0.545. The van der Waals surface area contributed by atoms with Crippen LogP contribution < -0.4 is 0 Å². The minimum atomic E-state index is -3.37. The second kappa shape index (κ2) is 5.90. The molecule has 0 N–H and O–H groups in total. The van der Waals surface area contributed by atoms with Crippen LogP contribution in [0.25, 0.3) is 0 Å². The first-order valence-electron chi connectivity index (χ1n) is 5.62. The van der Waals surface area contributed by atoms with Gasteiger partial charge in [-0.05, 0) is 20.8 Å². The van der Waals surface area contributed by atoms with Gasteiger partial charge in [0.2, 0.25) is 0 Å². The molecule has 1 heterocycles. The van der Waals surface area contributed by atoms with Crippen LogP contribution in [0.15, 0.2) is 16.4 Å². The van der Waals surface area contributed by atoms with Gasteiger partial charge in [0, 0.05) is 0 Å². The summed E-state index contributed by atoms with van der Waals surface area (Å²) >= 11 is 0. The predicted octanol–water partition coefficient (Wildman–Crippen LogP) is 1.34. The van der Waals surface area contributed by atoms with Gasteiger partial charge in [-0.25, -0.2) is 13.4 Å². The fourth-order valence-corrected chi connectivity index (χ4v) is 2.17. The second-order valence-corrected chi connectivity index (χ2v) is 6.17. The molecule has 0 aromatic carbocycles. The maximum absolute atomic E-state index is 11.8. The van der Waals surface area contributed by atoms with Crippen molar-refractivity contribution in [3.8, 4) is 0 Å². The van der Waals surface area contributed by atoms with Crippen LogP contribution in [0.4, 0.5) is 0 Å². The monoisotopic (exact) mass is 271 g/mol. The van der Waals surface area contributed by atoms with Crippen molar-refractivity contribution < 1.29 is 13.3 Å². The van der Waals surface area contributed by atoms with E-state index < -0.39 is 9.84 Å². The van der Waals surface area contributed by atoms with E-state index in [1.54, 1.807) is 13.8 Å². The molecule has 6 nitrogen and oxygen atoms in total. The lowest BCUT2D eigenvalue weighted by Crippen LogP contribution is -2.11. The van der Waals surface area contributed by atoms with Crippen molar-refractivity contribution >= 4 is 16.1 Å². The van der Waals surface area contributed by atoms with Gasteiger partial charge < -0.3 is 4.84 Å². The Morgan fingerprint density at radius 1 is 1.50 bits per heavy atom. The third-order valence-corrected chi connectivity index (χ3v) is 3.80. The number of aryl methyl sites for hydroxylation is 1. The van der Waals surface area contributed by atoms with Crippen LogP contribution in [0.3, 0.4) is 0 Å². The van der Waals surface area contributed by atoms with Gasteiger partial charge in [0.25, 0.3) is 0 Å². The summed E-state index contributed by atoms with van der Waals surface area (Å²) < 4.78 is 23.6. The van der Waals surface area contributed by atoms with Crippen LogP contribution in [0.2, 0.25) is 0 Å². The first kappa shape index (κ1) is 14.6. The van der Waals surface area contributed by atoms with E-state index in [1.807, 2.05) is 13.8 Å². The summed E-state index contributed by atoms with van der Waals surface area (Å²) in [6, 6.07) is 0. The molecule has 0 atom stereocenters. The fourth-order valence-electron chi connectivity index (χ4n) is 1.14. The highest BCUT2D eigenvalue weighted by atomic mass is 32.2. The van der Waals surface area contributed by atoms with Crippen LogP contribution in [-0.2, 0) is 14.7 Å². The van der Waals surface area contributed by atoms with Crippen molar-refractivity contribution in [2.45, 2.75) is 38.8 Å². The number of rotatable bonds is 5. The zero-order valence-electron chi connectivity index (χ0n) is 10.9. The van der Waals surface area contributed by atoms with Gasteiger partial charge in [0.05, 0.1) is 23.9 Å². The SMILES string of the molecule is CCS(=O)(=O)c1nc(/C=N/OC(C)C)cnc1C. The Morgan fingerprint density at radius 2 is 2.17 bits per heavy atom. The van der Waals surface area contributed by atoms with Gasteiger partial charge in [-0.1, -0.05) is 12.1 Å². The molecule has 0 aliphatic rings. The van der Waals surface area contributed by atoms with E-state index in [0.29, 0.717) is 11.4 Å². The highest BCUT2D eigenvalue weighted by Gasteiger charge is 2.17. The number of oxime groups is 1. The van der Waals surface area contributed by atoms with E-state index >= 15 is 0 Å². The number of nitrogens with zero attached hydrogens (tertiary/aromatic N) is 3. The summed E-state index contributed by atoms with van der Waals surface area (Å²) in [6.07, 6.45) is 2.76. The second-order valence-electron chi connectivity index (χ2n) is 3.98. The number of sulfone groups is 1. The summed E-state index contributed by atoms with van der Waals surface area (Å²) in [5.41, 5.74) is 0.743. The molecule has 0 saturated carbocycles. The molecule has 0 bridgehead atoms. The third-order valence-electron chi connectivity index (χ3n) is 2.06. The summed E-state index contributed by atoms with van der Waals surface area (Å²) in [5, 5.41) is 3.70. The van der Waals surface area contributed by atoms with Crippen molar-refractivity contribution in [1.82, 2.24) is 9.97 Å². The first-order valence-corrected chi connectivity index (χ1v) is 7.27. The van der Waals surface area contributed by atoms with Crippen molar-refractivity contribution in [3.63, 3.8) is 0 Å². The zero-order valence-corrected chi connectivity index (χ0v) is 11.7. The molecule has 100 valence electrons. The highest BCUT2D eigenvalue weighted by Crippen LogP contribution is 2.11. The quantitative estimate of drug-likeness (QED) is 0.596. The normalized spacial score (nSPS) is 12.3. The molecule has 0 aliphatic carbocycles. The molecular weight excluding hydrogens is 254 g/mol. The van der Waals surface area contributed by atoms with Crippen LogP contribution in [0.1, 0.15) is 32.2 Å². The molecule has 1 aromatic rings. The molecule has 0 spiro atoms. The average molecular weight is 271 g/mol. The molecule has 0 unspecified atom stereocenters. The molecule has 1 rings (SSSR count). The third kappa shape index (κ3) is 3.76. The molecule has 18 heavy (non-hydrogen) atoms. The number of hydrogen-bond acceptors (Lipinski definition) is 6. The minimum absolute atomic E-state index is 0.00139. The lowest BCUT2D eigenvalue weighted by Gasteiger charge is -2.05. The predicted molar refractivity (Wildman–Crippen MR) is 68.3 cm³/mol. The largest absolute Gasteiger partial charge is 0.393 e. The Kier molecular flexibility index (Phi) is 4.77. The Labute approximate surface area is 107 Å². The van der Waals surface area contributed by atoms with Gasteiger partial charge in [-0.15, -0.1) is 0 Å². The van der Waals surface area contributed by atoms with Gasteiger partial charge in [0.15, 0.2) is 14.9 Å². The van der Waals surface area contributed by atoms with Crippen molar-refractivity contribution in [3.05, 3.63) is 17.6 Å². The standard InChI is InChI=1S/C11H17N3O3S/c1-5-18(15,16)11-9(4)12-6-10(14-11)7-13-17-8(2)3/h6-8H,5H2,1-4H3/b13-7+. The zero-order chi connectivity index (χ0) is 13.8. The van der Waals surface area contributed by atoms with Gasteiger partial charge in [-0.2, -0.15) is 0 Å². The minimum Gasteiger partial charge on any atom is -0.393 e. The Bertz CT molecular complexity index is 538. The van der Waals surface area contributed by atoms with E-state index in [0.717, 1.165) is 0 Å². The topological polar surface area (TPSA) is 81.5 Å². The molecule has 0 fully saturated rings. The lowest BCUT2D eigenvalue weighted by molar-refractivity contribution is 0.0873. The van der Waals surface area contributed by atoms with E-state index in [4.69, 9.17) is 4.84 Å². The van der Waals surface area contributed by atoms with Crippen molar-refractivity contribution in [2.24, 2.45) is 5.16 Å². The lowest BCUT2D eigenvalue weighted by atomic mass is 10.4. The van der Waals surface area contributed by atoms with Crippen LogP contribution in [0.5, 0.6) is 0 Å². The highest BCUT2D eigenvalue weighted by molar-refractivity contribution is 7.91. The Morgan fingerprint density at radius 3 is 2.72 bits per heavy atom. The Hall–Kier alpha value is -1.50. The molecular formula is C11H17N3O3S. The maximum atomic E-state index is 11.8. The van der Waals surface area contributed by atoms with Crippen molar-refractivity contribution in [2.75, 3.05) is 5.75 Å². The number of aromatic nitrogens is 2. The molecule has 0 radical (unpaired) electrons. The average Bonchev–Trinajstić information content (AvgIpc) is 2.30. The molecule has 0 saturated heterocycles. The first-order chi connectivity index (χ1) is 8.36. The van der Waals surface area contributed by atoms with Gasteiger partial charge in [-0.3, -0.25) is 4.98 Å². The molecule has 7 heteroatoms. The molecule has 0 aliphatic heterocycles. The van der Waals surface area contributed by atoms with Crippen LogP contribution in [-0.4, -0.2) is 36.5 Å². The van der Waals surface area contributed by atoms with Gasteiger partial charge in [0.1, 0.15) is 11.8 Å². The summed E-state index contributed by atoms with van der Waals surface area (Å²) in [7, 11) is -3.37. The maximum Gasteiger partial charge on any atom is 0.197 e. The van der Waals surface area contributed by atoms with Crippen LogP contribution >= 0.6 is 0 Å². The molecule has 1 aromatic heterocycles. The molecule has 0 amide bonds. The summed E-state index contributed by atoms with van der Waals surface area (Å²) in [5.74, 6) is -0.00832. The van der Waals surface area contributed by atoms with Crippen molar-refractivity contribution in [1.29, 1.82) is 0 Å². The van der Waals surface area contributed by atoms with E-state index in [-0.39, 0.29) is 16.9 Å².